The topological polar surface area (TPSA) is 66.6 Å². The molecule has 3 N–H and O–H groups in total. The van der Waals surface area contributed by atoms with Gasteiger partial charge in [-0.25, -0.2) is 0 Å². The monoisotopic (exact) mass is 184 g/mol. The first-order valence-corrected chi connectivity index (χ1v) is 4.91. The minimum Gasteiger partial charge on any atom is -0.390 e. The molecular weight excluding hydrogens is 168 g/mol. The van der Waals surface area contributed by atoms with E-state index >= 15 is 0 Å². The average molecular weight is 184 g/mol. The second-order valence-corrected chi connectivity index (χ2v) is 4.04. The summed E-state index contributed by atoms with van der Waals surface area (Å²) in [6, 6.07) is 0.388. The van der Waals surface area contributed by atoms with E-state index < -0.39 is 6.10 Å². The molecule has 2 fully saturated rings. The number of carbonyl (C=O) groups is 1. The van der Waals surface area contributed by atoms with E-state index in [4.69, 9.17) is 5.73 Å². The Morgan fingerprint density at radius 3 is 2.92 bits per heavy atom. The second-order valence-electron chi connectivity index (χ2n) is 4.04. The van der Waals surface area contributed by atoms with Crippen LogP contribution in [0.3, 0.4) is 0 Å². The molecule has 4 heteroatoms. The van der Waals surface area contributed by atoms with Gasteiger partial charge in [-0.1, -0.05) is 0 Å². The largest absolute Gasteiger partial charge is 0.390 e. The van der Waals surface area contributed by atoms with Crippen LogP contribution in [0.15, 0.2) is 0 Å². The summed E-state index contributed by atoms with van der Waals surface area (Å²) < 4.78 is 0. The Balaban J connectivity index is 1.96. The van der Waals surface area contributed by atoms with Gasteiger partial charge in [-0.05, 0) is 19.3 Å². The van der Waals surface area contributed by atoms with Gasteiger partial charge in [0.1, 0.15) is 0 Å². The highest BCUT2D eigenvalue weighted by molar-refractivity contribution is 5.82. The molecule has 0 radical (unpaired) electrons. The summed E-state index contributed by atoms with van der Waals surface area (Å²) in [6.07, 6.45) is 2.59. The molecule has 2 bridgehead atoms. The van der Waals surface area contributed by atoms with Gasteiger partial charge in [-0.3, -0.25) is 4.79 Å². The minimum atomic E-state index is -0.553. The first kappa shape index (κ1) is 8.97. The molecule has 0 aromatic rings. The molecule has 1 amide bonds. The summed E-state index contributed by atoms with van der Waals surface area (Å²) in [6.45, 7) is 0.664. The molecule has 2 rings (SSSR count). The van der Waals surface area contributed by atoms with Crippen molar-refractivity contribution in [1.29, 1.82) is 0 Å². The van der Waals surface area contributed by atoms with Gasteiger partial charge in [0.05, 0.1) is 6.10 Å². The summed E-state index contributed by atoms with van der Waals surface area (Å²) in [5.74, 6) is 0.471. The average Bonchev–Trinajstić information content (AvgIpc) is 2.69. The number of aliphatic hydroxyl groups excluding tert-OH is 1. The van der Waals surface area contributed by atoms with Gasteiger partial charge < -0.3 is 15.7 Å². The van der Waals surface area contributed by atoms with Crippen molar-refractivity contribution in [3.8, 4) is 0 Å². The lowest BCUT2D eigenvalue weighted by molar-refractivity contribution is -0.135. The van der Waals surface area contributed by atoms with Crippen LogP contribution in [-0.4, -0.2) is 41.1 Å². The van der Waals surface area contributed by atoms with Gasteiger partial charge in [0.2, 0.25) is 5.91 Å². The number of nitrogens with two attached hydrogens (primary N) is 1. The Bertz CT molecular complexity index is 220. The summed E-state index contributed by atoms with van der Waals surface area (Å²) >= 11 is 0. The highest BCUT2D eigenvalue weighted by Gasteiger charge is 2.44. The fourth-order valence-corrected chi connectivity index (χ4v) is 2.42. The predicted molar refractivity (Wildman–Crippen MR) is 47.9 cm³/mol. The summed E-state index contributed by atoms with van der Waals surface area (Å²) in [5.41, 5.74) is 5.31. The van der Waals surface area contributed by atoms with Crippen LogP contribution in [0, 0.1) is 5.92 Å². The Kier molecular flexibility index (Phi) is 2.26. The molecule has 1 heterocycles. The van der Waals surface area contributed by atoms with Crippen LogP contribution < -0.4 is 5.73 Å². The van der Waals surface area contributed by atoms with Crippen molar-refractivity contribution in [2.75, 3.05) is 13.1 Å². The number of piperidine rings is 1. The summed E-state index contributed by atoms with van der Waals surface area (Å²) in [4.78, 5) is 13.4. The molecule has 0 spiro atoms. The number of β-amino-alcohol motifs (C(OH)–C–C–N with tert-alkyl or cyclic N) is 1. The van der Waals surface area contributed by atoms with E-state index in [1.54, 1.807) is 0 Å². The molecule has 2 aliphatic rings. The molecular formula is C9H16N2O2. The van der Waals surface area contributed by atoms with Gasteiger partial charge in [0, 0.05) is 25.0 Å². The quantitative estimate of drug-likeness (QED) is 0.610. The van der Waals surface area contributed by atoms with Crippen molar-refractivity contribution in [2.24, 2.45) is 11.7 Å². The summed E-state index contributed by atoms with van der Waals surface area (Å²) in [5, 5.41) is 9.35. The van der Waals surface area contributed by atoms with Crippen LogP contribution in [-0.2, 0) is 4.79 Å². The third-order valence-electron chi connectivity index (χ3n) is 3.16. The van der Waals surface area contributed by atoms with Crippen molar-refractivity contribution in [3.05, 3.63) is 0 Å². The molecule has 13 heavy (non-hydrogen) atoms. The first-order chi connectivity index (χ1) is 6.22. The van der Waals surface area contributed by atoms with Gasteiger partial charge in [0.25, 0.3) is 0 Å². The maximum atomic E-state index is 11.6. The standard InChI is InChI=1S/C9H16N2O2/c10-4-8(12)5-11-7-2-1-6(3-7)9(11)13/h6-8,12H,1-5,10H2. The van der Waals surface area contributed by atoms with Crippen LogP contribution in [0.1, 0.15) is 19.3 Å². The van der Waals surface area contributed by atoms with E-state index in [0.29, 0.717) is 12.6 Å². The zero-order chi connectivity index (χ0) is 9.42. The van der Waals surface area contributed by atoms with Gasteiger partial charge in [-0.2, -0.15) is 0 Å². The van der Waals surface area contributed by atoms with Gasteiger partial charge in [-0.15, -0.1) is 0 Å². The maximum absolute atomic E-state index is 11.6. The molecule has 0 aromatic carbocycles. The van der Waals surface area contributed by atoms with E-state index in [2.05, 4.69) is 0 Å². The Morgan fingerprint density at radius 1 is 1.62 bits per heavy atom. The predicted octanol–water partition coefficient (Wildman–Crippen LogP) is -0.683. The normalized spacial score (nSPS) is 34.3. The number of hydrogen-bond donors (Lipinski definition) is 2. The van der Waals surface area contributed by atoms with Crippen molar-refractivity contribution in [3.63, 3.8) is 0 Å². The molecule has 3 atom stereocenters. The van der Waals surface area contributed by atoms with Crippen molar-refractivity contribution >= 4 is 5.91 Å². The number of amides is 1. The maximum Gasteiger partial charge on any atom is 0.226 e. The number of rotatable bonds is 3. The zero-order valence-corrected chi connectivity index (χ0v) is 7.65. The number of nitrogens with zero attached hydrogens (tertiary/aromatic N) is 1. The number of carbonyl (C=O) groups excluding carboxylic acids is 1. The lowest BCUT2D eigenvalue weighted by Gasteiger charge is -2.28. The molecule has 4 nitrogen and oxygen atoms in total. The van der Waals surface area contributed by atoms with Gasteiger partial charge >= 0.3 is 0 Å². The van der Waals surface area contributed by atoms with Crippen molar-refractivity contribution in [1.82, 2.24) is 4.90 Å². The molecule has 0 aromatic heterocycles. The highest BCUT2D eigenvalue weighted by Crippen LogP contribution is 2.38. The van der Waals surface area contributed by atoms with Crippen LogP contribution in [0.2, 0.25) is 0 Å². The molecule has 1 saturated heterocycles. The van der Waals surface area contributed by atoms with Crippen molar-refractivity contribution < 1.29 is 9.90 Å². The lowest BCUT2D eigenvalue weighted by Crippen LogP contribution is -2.43. The van der Waals surface area contributed by atoms with E-state index in [-0.39, 0.29) is 18.4 Å². The van der Waals surface area contributed by atoms with E-state index in [1.165, 1.54) is 0 Å². The fourth-order valence-electron chi connectivity index (χ4n) is 2.42. The second kappa shape index (κ2) is 3.27. The molecule has 1 aliphatic heterocycles. The number of hydrogen-bond acceptors (Lipinski definition) is 3. The first-order valence-electron chi connectivity index (χ1n) is 4.91. The van der Waals surface area contributed by atoms with Crippen LogP contribution in [0.5, 0.6) is 0 Å². The molecule has 1 aliphatic carbocycles. The van der Waals surface area contributed by atoms with E-state index in [1.807, 2.05) is 4.90 Å². The third-order valence-corrected chi connectivity index (χ3v) is 3.16. The number of aliphatic hydroxyl groups is 1. The van der Waals surface area contributed by atoms with Gasteiger partial charge in [0.15, 0.2) is 0 Å². The lowest BCUT2D eigenvalue weighted by atomic mass is 10.1. The Morgan fingerprint density at radius 2 is 2.38 bits per heavy atom. The Labute approximate surface area is 77.7 Å². The van der Waals surface area contributed by atoms with Crippen molar-refractivity contribution in [2.45, 2.75) is 31.4 Å². The zero-order valence-electron chi connectivity index (χ0n) is 7.65. The third kappa shape index (κ3) is 1.44. The smallest absolute Gasteiger partial charge is 0.226 e. The summed E-state index contributed by atoms with van der Waals surface area (Å²) in [7, 11) is 0. The van der Waals surface area contributed by atoms with Crippen LogP contribution in [0.25, 0.3) is 0 Å². The number of fused-ring (bicyclic) bond motifs is 2. The minimum absolute atomic E-state index is 0.226. The Hall–Kier alpha value is -0.610. The van der Waals surface area contributed by atoms with E-state index in [0.717, 1.165) is 19.3 Å². The molecule has 3 unspecified atom stereocenters. The van der Waals surface area contributed by atoms with Crippen LogP contribution in [0.4, 0.5) is 0 Å². The van der Waals surface area contributed by atoms with Crippen LogP contribution >= 0.6 is 0 Å². The highest BCUT2D eigenvalue weighted by atomic mass is 16.3. The fraction of sp³-hybridized carbons (Fsp3) is 0.889. The molecule has 74 valence electrons. The molecule has 1 saturated carbocycles. The number of likely N-dealkylation sites (tertiary alicyclic amines) is 1. The van der Waals surface area contributed by atoms with E-state index in [9.17, 15) is 9.90 Å². The SMILES string of the molecule is NCC(O)CN1C(=O)C2CCC1C2.